The molecule has 0 aromatic rings. The fourth-order valence-corrected chi connectivity index (χ4v) is 2.06. The van der Waals surface area contributed by atoms with Crippen molar-refractivity contribution in [2.75, 3.05) is 7.11 Å². The second-order valence-corrected chi connectivity index (χ2v) is 3.99. The number of hydrogen-bond donors (Lipinski definition) is 0. The molecule has 0 radical (unpaired) electrons. The number of carbonyl (C=O) groups excluding carboxylic acids is 1. The minimum Gasteiger partial charge on any atom is -0.467 e. The maximum Gasteiger partial charge on any atom is 0.382 e. The number of nitrogens with zero attached hydrogens (tertiary/aromatic N) is 1. The molecule has 6 nitrogen and oxygen atoms in total. The van der Waals surface area contributed by atoms with Crippen LogP contribution in [0.3, 0.4) is 0 Å². The maximum atomic E-state index is 11.1. The number of esters is 1. The lowest BCUT2D eigenvalue weighted by atomic mass is 10.1. The standard InChI is InChI=1S/C7H11NO5S/c1-3-4-5-6(7(9)12-2)13-14(10,11)8-5/h6H,3-4H2,1-2H3. The third-order valence-corrected chi connectivity index (χ3v) is 2.56. The van der Waals surface area contributed by atoms with E-state index in [0.717, 1.165) is 0 Å². The quantitative estimate of drug-likeness (QED) is 0.628. The van der Waals surface area contributed by atoms with E-state index in [0.29, 0.717) is 12.8 Å². The molecular formula is C7H11NO5S. The zero-order chi connectivity index (χ0) is 10.8. The first kappa shape index (κ1) is 11.1. The maximum absolute atomic E-state index is 11.1. The Bertz CT molecular complexity index is 358. The van der Waals surface area contributed by atoms with Crippen molar-refractivity contribution in [3.8, 4) is 0 Å². The average Bonchev–Trinajstić information content (AvgIpc) is 2.41. The molecule has 0 aromatic heterocycles. The summed E-state index contributed by atoms with van der Waals surface area (Å²) in [5.74, 6) is -0.738. The number of rotatable bonds is 3. The summed E-state index contributed by atoms with van der Waals surface area (Å²) < 4.78 is 34.0. The second kappa shape index (κ2) is 4.05. The van der Waals surface area contributed by atoms with E-state index in [1.807, 2.05) is 6.92 Å². The van der Waals surface area contributed by atoms with Gasteiger partial charge in [0.05, 0.1) is 12.8 Å². The molecule has 1 unspecified atom stereocenters. The van der Waals surface area contributed by atoms with E-state index in [4.69, 9.17) is 0 Å². The van der Waals surface area contributed by atoms with Gasteiger partial charge in [0.25, 0.3) is 0 Å². The van der Waals surface area contributed by atoms with Crippen LogP contribution in [0.4, 0.5) is 0 Å². The second-order valence-electron chi connectivity index (χ2n) is 2.76. The molecule has 1 heterocycles. The van der Waals surface area contributed by atoms with Gasteiger partial charge >= 0.3 is 16.3 Å². The summed E-state index contributed by atoms with van der Waals surface area (Å²) in [5.41, 5.74) is 0.208. The SMILES string of the molecule is CCCC1=NS(=O)(=O)OC1C(=O)OC. The molecule has 14 heavy (non-hydrogen) atoms. The molecule has 1 aliphatic rings. The first-order chi connectivity index (χ1) is 6.50. The van der Waals surface area contributed by atoms with E-state index in [2.05, 4.69) is 13.3 Å². The molecule has 80 valence electrons. The summed E-state index contributed by atoms with van der Waals surface area (Å²) in [6.07, 6.45) is -0.102. The molecule has 0 bridgehead atoms. The van der Waals surface area contributed by atoms with E-state index in [9.17, 15) is 13.2 Å². The Morgan fingerprint density at radius 2 is 2.29 bits per heavy atom. The Hall–Kier alpha value is -0.950. The van der Waals surface area contributed by atoms with Crippen LogP contribution in [0, 0.1) is 0 Å². The molecule has 0 spiro atoms. The van der Waals surface area contributed by atoms with Crippen LogP contribution in [-0.2, 0) is 24.0 Å². The minimum atomic E-state index is -3.93. The van der Waals surface area contributed by atoms with E-state index in [1.165, 1.54) is 7.11 Å². The van der Waals surface area contributed by atoms with Gasteiger partial charge in [-0.3, -0.25) is 0 Å². The summed E-state index contributed by atoms with van der Waals surface area (Å²) in [4.78, 5) is 11.1. The van der Waals surface area contributed by atoms with Gasteiger partial charge in [-0.2, -0.15) is 8.42 Å². The highest BCUT2D eigenvalue weighted by molar-refractivity contribution is 7.85. The van der Waals surface area contributed by atoms with Crippen LogP contribution in [0.2, 0.25) is 0 Å². The van der Waals surface area contributed by atoms with Crippen molar-refractivity contribution in [3.05, 3.63) is 0 Å². The summed E-state index contributed by atoms with van der Waals surface area (Å²) in [6.45, 7) is 1.85. The van der Waals surface area contributed by atoms with Crippen LogP contribution in [-0.4, -0.2) is 33.3 Å². The Labute approximate surface area is 82.2 Å². The third kappa shape index (κ3) is 2.30. The van der Waals surface area contributed by atoms with Crippen molar-refractivity contribution >= 4 is 22.0 Å². The molecule has 0 aromatic carbocycles. The predicted octanol–water partition coefficient (Wildman–Crippen LogP) is 0.0441. The van der Waals surface area contributed by atoms with Crippen molar-refractivity contribution in [2.24, 2.45) is 4.40 Å². The molecule has 1 rings (SSSR count). The molecule has 1 atom stereocenters. The van der Waals surface area contributed by atoms with Gasteiger partial charge in [0, 0.05) is 0 Å². The first-order valence-corrected chi connectivity index (χ1v) is 5.46. The van der Waals surface area contributed by atoms with Gasteiger partial charge < -0.3 is 4.74 Å². The van der Waals surface area contributed by atoms with Crippen LogP contribution < -0.4 is 0 Å². The molecule has 0 fully saturated rings. The number of carbonyl (C=O) groups is 1. The topological polar surface area (TPSA) is 82.0 Å². The molecule has 0 N–H and O–H groups in total. The van der Waals surface area contributed by atoms with Crippen LogP contribution in [0.15, 0.2) is 4.40 Å². The van der Waals surface area contributed by atoms with Gasteiger partial charge in [-0.1, -0.05) is 13.3 Å². The zero-order valence-electron chi connectivity index (χ0n) is 7.89. The van der Waals surface area contributed by atoms with Crippen molar-refractivity contribution < 1.29 is 22.1 Å². The van der Waals surface area contributed by atoms with Gasteiger partial charge in [-0.05, 0) is 6.42 Å². The van der Waals surface area contributed by atoms with Gasteiger partial charge in [-0.15, -0.1) is 4.40 Å². The number of methoxy groups -OCH3 is 1. The molecular weight excluding hydrogens is 210 g/mol. The van der Waals surface area contributed by atoms with Crippen molar-refractivity contribution in [1.29, 1.82) is 0 Å². The number of ether oxygens (including phenoxy) is 1. The third-order valence-electron chi connectivity index (χ3n) is 1.67. The molecule has 1 aliphatic heterocycles. The van der Waals surface area contributed by atoms with E-state index >= 15 is 0 Å². The van der Waals surface area contributed by atoms with Crippen LogP contribution in [0.5, 0.6) is 0 Å². The van der Waals surface area contributed by atoms with E-state index in [-0.39, 0.29) is 5.71 Å². The highest BCUT2D eigenvalue weighted by Gasteiger charge is 2.37. The predicted molar refractivity (Wildman–Crippen MR) is 48.2 cm³/mol. The molecule has 7 heteroatoms. The van der Waals surface area contributed by atoms with Crippen LogP contribution >= 0.6 is 0 Å². The van der Waals surface area contributed by atoms with E-state index in [1.54, 1.807) is 0 Å². The lowest BCUT2D eigenvalue weighted by Gasteiger charge is -2.06. The summed E-state index contributed by atoms with van der Waals surface area (Å²) in [6, 6.07) is 0. The van der Waals surface area contributed by atoms with Crippen molar-refractivity contribution in [2.45, 2.75) is 25.9 Å². The van der Waals surface area contributed by atoms with Crippen molar-refractivity contribution in [3.63, 3.8) is 0 Å². The average molecular weight is 221 g/mol. The Morgan fingerprint density at radius 1 is 1.64 bits per heavy atom. The van der Waals surface area contributed by atoms with Gasteiger partial charge in [0.2, 0.25) is 6.10 Å². The highest BCUT2D eigenvalue weighted by atomic mass is 32.2. The minimum absolute atomic E-state index is 0.208. The summed E-state index contributed by atoms with van der Waals surface area (Å²) >= 11 is 0. The Balaban J connectivity index is 2.90. The van der Waals surface area contributed by atoms with Crippen LogP contribution in [0.1, 0.15) is 19.8 Å². The smallest absolute Gasteiger partial charge is 0.382 e. The fraction of sp³-hybridized carbons (Fsp3) is 0.714. The largest absolute Gasteiger partial charge is 0.467 e. The number of hydrogen-bond acceptors (Lipinski definition) is 5. The Morgan fingerprint density at radius 3 is 2.79 bits per heavy atom. The summed E-state index contributed by atoms with van der Waals surface area (Å²) in [5, 5.41) is 0. The first-order valence-electron chi connectivity index (χ1n) is 4.10. The lowest BCUT2D eigenvalue weighted by molar-refractivity contribution is -0.145. The van der Waals surface area contributed by atoms with Gasteiger partial charge in [0.15, 0.2) is 0 Å². The zero-order valence-corrected chi connectivity index (χ0v) is 8.70. The van der Waals surface area contributed by atoms with Crippen LogP contribution in [0.25, 0.3) is 0 Å². The summed E-state index contributed by atoms with van der Waals surface area (Å²) in [7, 11) is -2.77. The van der Waals surface area contributed by atoms with Gasteiger partial charge in [-0.25, -0.2) is 8.98 Å². The highest BCUT2D eigenvalue weighted by Crippen LogP contribution is 2.18. The lowest BCUT2D eigenvalue weighted by Crippen LogP contribution is -2.30. The normalized spacial score (nSPS) is 24.4. The molecule has 0 amide bonds. The molecule has 0 aliphatic carbocycles. The Kier molecular flexibility index (Phi) is 3.22. The van der Waals surface area contributed by atoms with Gasteiger partial charge in [0.1, 0.15) is 0 Å². The fourth-order valence-electron chi connectivity index (χ4n) is 1.11. The van der Waals surface area contributed by atoms with Crippen molar-refractivity contribution in [1.82, 2.24) is 0 Å². The van der Waals surface area contributed by atoms with E-state index < -0.39 is 22.4 Å². The monoisotopic (exact) mass is 221 g/mol. The molecule has 0 saturated carbocycles. The molecule has 0 saturated heterocycles.